The number of carbonyl (C=O) groups is 1. The first kappa shape index (κ1) is 24.2. The monoisotopic (exact) mass is 511 g/mol. The van der Waals surface area contributed by atoms with Crippen molar-refractivity contribution in [3.63, 3.8) is 0 Å². The fourth-order valence-electron chi connectivity index (χ4n) is 5.67. The maximum absolute atomic E-state index is 14.4. The van der Waals surface area contributed by atoms with Crippen LogP contribution in [0.4, 0.5) is 14.6 Å². The first-order valence-electron chi connectivity index (χ1n) is 12.8. The number of nitrogens with two attached hydrogens (primary N) is 1. The van der Waals surface area contributed by atoms with Gasteiger partial charge in [0, 0.05) is 29.4 Å². The predicted octanol–water partition coefficient (Wildman–Crippen LogP) is 6.32. The molecule has 2 bridgehead atoms. The van der Waals surface area contributed by atoms with E-state index in [0.717, 1.165) is 58.0 Å². The summed E-state index contributed by atoms with van der Waals surface area (Å²) in [6.07, 6.45) is 1.25. The van der Waals surface area contributed by atoms with Gasteiger partial charge in [-0.05, 0) is 88.7 Å². The smallest absolute Gasteiger partial charge is 0.251 e. The lowest BCUT2D eigenvalue weighted by atomic mass is 9.83. The summed E-state index contributed by atoms with van der Waals surface area (Å²) in [6.45, 7) is 4.37. The number of nitrogens with one attached hydrogen (secondary N) is 1. The van der Waals surface area contributed by atoms with E-state index in [2.05, 4.69) is 17.2 Å². The molecule has 4 aromatic rings. The zero-order valence-corrected chi connectivity index (χ0v) is 21.1. The van der Waals surface area contributed by atoms with Crippen LogP contribution in [-0.2, 0) is 17.7 Å². The summed E-state index contributed by atoms with van der Waals surface area (Å²) in [5.74, 6) is -0.919. The van der Waals surface area contributed by atoms with E-state index in [1.165, 1.54) is 12.1 Å². The summed E-state index contributed by atoms with van der Waals surface area (Å²) in [6, 6.07) is 16.8. The van der Waals surface area contributed by atoms with Crippen molar-refractivity contribution in [1.82, 2.24) is 10.3 Å². The second kappa shape index (κ2) is 9.33. The maximum atomic E-state index is 14.4. The minimum absolute atomic E-state index is 0.184. The highest BCUT2D eigenvalue weighted by Crippen LogP contribution is 2.54. The number of carbonyl (C=O) groups excluding carboxylic acids is 1. The summed E-state index contributed by atoms with van der Waals surface area (Å²) in [5.41, 5.74) is 14.3. The molecule has 2 atom stereocenters. The lowest BCUT2D eigenvalue weighted by Gasteiger charge is -2.18. The molecule has 0 saturated heterocycles. The van der Waals surface area contributed by atoms with Crippen LogP contribution < -0.4 is 11.1 Å². The van der Waals surface area contributed by atoms with Crippen LogP contribution in [0.5, 0.6) is 0 Å². The molecular formula is C31H27F2N3O2. The largest absolute Gasteiger partial charge is 0.384 e. The lowest BCUT2D eigenvalue weighted by molar-refractivity contribution is 0.0857. The Bertz CT molecular complexity index is 1600. The van der Waals surface area contributed by atoms with Gasteiger partial charge in [-0.3, -0.25) is 4.79 Å². The second-order valence-electron chi connectivity index (χ2n) is 9.91. The topological polar surface area (TPSA) is 77.2 Å². The van der Waals surface area contributed by atoms with Crippen LogP contribution in [0, 0.1) is 18.6 Å². The molecule has 192 valence electrons. The van der Waals surface area contributed by atoms with Crippen molar-refractivity contribution in [3.8, 4) is 11.1 Å². The molecule has 2 aliphatic heterocycles. The van der Waals surface area contributed by atoms with Gasteiger partial charge in [-0.25, -0.2) is 13.8 Å². The third kappa shape index (κ3) is 4.03. The summed E-state index contributed by atoms with van der Waals surface area (Å²) < 4.78 is 34.1. The van der Waals surface area contributed by atoms with Gasteiger partial charge in [-0.1, -0.05) is 31.5 Å². The molecule has 0 aliphatic carbocycles. The van der Waals surface area contributed by atoms with E-state index in [9.17, 15) is 13.6 Å². The first-order chi connectivity index (χ1) is 18.3. The van der Waals surface area contributed by atoms with E-state index in [1.807, 2.05) is 49.4 Å². The quantitative estimate of drug-likeness (QED) is 0.318. The highest BCUT2D eigenvalue weighted by molar-refractivity contribution is 5.94. The number of pyridine rings is 1. The molecule has 3 heterocycles. The number of nitrogen functional groups attached to an aromatic ring is 1. The highest BCUT2D eigenvalue weighted by atomic mass is 19.1. The van der Waals surface area contributed by atoms with Crippen LogP contribution in [-0.4, -0.2) is 10.9 Å². The average Bonchev–Trinajstić information content (AvgIpc) is 3.45. The number of ether oxygens (including phenoxy) is 1. The minimum atomic E-state index is -0.612. The number of aromatic nitrogens is 1. The van der Waals surface area contributed by atoms with Gasteiger partial charge in [-0.2, -0.15) is 0 Å². The summed E-state index contributed by atoms with van der Waals surface area (Å²) in [5, 5.41) is 3.04. The van der Waals surface area contributed by atoms with Crippen molar-refractivity contribution in [2.24, 2.45) is 0 Å². The van der Waals surface area contributed by atoms with Crippen LogP contribution in [0.1, 0.15) is 75.0 Å². The van der Waals surface area contributed by atoms with Crippen LogP contribution in [0.3, 0.4) is 0 Å². The number of aryl methyl sites for hydroxylation is 2. The molecule has 6 rings (SSSR count). The molecule has 5 nitrogen and oxygen atoms in total. The average molecular weight is 512 g/mol. The maximum Gasteiger partial charge on any atom is 0.251 e. The number of hydrogen-bond donors (Lipinski definition) is 2. The van der Waals surface area contributed by atoms with Gasteiger partial charge in [0.1, 0.15) is 29.7 Å². The Kier molecular flexibility index (Phi) is 5.95. The lowest BCUT2D eigenvalue weighted by Crippen LogP contribution is -2.24. The standard InChI is InChI=1S/C31H27F2N3O2/c1-3-4-17-13-28(34)36-16(2)26(17)15-35-31(37)19-6-9-23-25(12-19)30-24-11-18(5-8-22(24)29(23)38-30)21-10-7-20(32)14-27(21)33/h5-14,29-30H,3-4,15H2,1-2H3,(H2,34,36)(H,35,37). The van der Waals surface area contributed by atoms with Crippen molar-refractivity contribution in [3.05, 3.63) is 117 Å². The Morgan fingerprint density at radius 1 is 0.974 bits per heavy atom. The molecule has 38 heavy (non-hydrogen) atoms. The van der Waals surface area contributed by atoms with Gasteiger partial charge < -0.3 is 15.8 Å². The minimum Gasteiger partial charge on any atom is -0.384 e. The Hall–Kier alpha value is -4.10. The summed E-state index contributed by atoms with van der Waals surface area (Å²) in [4.78, 5) is 17.5. The number of rotatable bonds is 6. The van der Waals surface area contributed by atoms with Crippen molar-refractivity contribution in [2.45, 2.75) is 45.4 Å². The molecule has 0 spiro atoms. The number of benzene rings is 3. The third-order valence-electron chi connectivity index (χ3n) is 7.47. The molecule has 0 fully saturated rings. The molecule has 3 aromatic carbocycles. The van der Waals surface area contributed by atoms with E-state index >= 15 is 0 Å². The second-order valence-corrected chi connectivity index (χ2v) is 9.91. The van der Waals surface area contributed by atoms with Crippen LogP contribution in [0.15, 0.2) is 60.7 Å². The van der Waals surface area contributed by atoms with Crippen LogP contribution in [0.25, 0.3) is 11.1 Å². The van der Waals surface area contributed by atoms with Gasteiger partial charge in [0.2, 0.25) is 0 Å². The van der Waals surface area contributed by atoms with Crippen molar-refractivity contribution in [2.75, 3.05) is 5.73 Å². The normalized spacial score (nSPS) is 16.8. The highest BCUT2D eigenvalue weighted by Gasteiger charge is 2.43. The molecule has 1 aromatic heterocycles. The van der Waals surface area contributed by atoms with Crippen LogP contribution in [0.2, 0.25) is 0 Å². The zero-order chi connectivity index (χ0) is 26.6. The van der Waals surface area contributed by atoms with Gasteiger partial charge >= 0.3 is 0 Å². The molecule has 3 N–H and O–H groups in total. The number of nitrogens with zero attached hydrogens (tertiary/aromatic N) is 1. The third-order valence-corrected chi connectivity index (χ3v) is 7.47. The van der Waals surface area contributed by atoms with Crippen molar-refractivity contribution in [1.29, 1.82) is 0 Å². The molecule has 0 radical (unpaired) electrons. The molecule has 0 saturated carbocycles. The molecular weight excluding hydrogens is 484 g/mol. The number of fused-ring (bicyclic) bond motifs is 8. The zero-order valence-electron chi connectivity index (χ0n) is 21.1. The number of hydrogen-bond acceptors (Lipinski definition) is 4. The predicted molar refractivity (Wildman–Crippen MR) is 142 cm³/mol. The fraction of sp³-hybridized carbons (Fsp3) is 0.226. The Labute approximate surface area is 219 Å². The molecule has 2 aliphatic rings. The molecule has 2 unspecified atom stereocenters. The van der Waals surface area contributed by atoms with E-state index < -0.39 is 11.6 Å². The van der Waals surface area contributed by atoms with Crippen LogP contribution >= 0.6 is 0 Å². The Morgan fingerprint density at radius 2 is 1.71 bits per heavy atom. The Morgan fingerprint density at radius 3 is 2.47 bits per heavy atom. The molecule has 7 heteroatoms. The van der Waals surface area contributed by atoms with Gasteiger partial charge in [0.15, 0.2) is 0 Å². The van der Waals surface area contributed by atoms with Gasteiger partial charge in [0.25, 0.3) is 5.91 Å². The number of anilines is 1. The SMILES string of the molecule is CCCc1cc(N)nc(C)c1CNC(=O)c1ccc2c(c1)C1OC2c2ccc(-c3ccc(F)cc3F)cc21. The first-order valence-corrected chi connectivity index (χ1v) is 12.8. The Balaban J connectivity index is 1.25. The van der Waals surface area contributed by atoms with Crippen molar-refractivity contribution >= 4 is 11.7 Å². The van der Waals surface area contributed by atoms with E-state index in [0.29, 0.717) is 29.1 Å². The fourth-order valence-corrected chi connectivity index (χ4v) is 5.67. The van der Waals surface area contributed by atoms with E-state index in [-0.39, 0.29) is 18.1 Å². The van der Waals surface area contributed by atoms with E-state index in [1.54, 1.807) is 0 Å². The van der Waals surface area contributed by atoms with Gasteiger partial charge in [0.05, 0.1) is 0 Å². The summed E-state index contributed by atoms with van der Waals surface area (Å²) >= 11 is 0. The number of halogens is 2. The van der Waals surface area contributed by atoms with Crippen molar-refractivity contribution < 1.29 is 18.3 Å². The van der Waals surface area contributed by atoms with E-state index in [4.69, 9.17) is 10.5 Å². The van der Waals surface area contributed by atoms with Gasteiger partial charge in [-0.15, -0.1) is 0 Å². The number of amides is 1. The molecule has 1 amide bonds. The summed E-state index contributed by atoms with van der Waals surface area (Å²) in [7, 11) is 0.